The third-order valence-corrected chi connectivity index (χ3v) is 3.94. The van der Waals surface area contributed by atoms with E-state index in [-0.39, 0.29) is 11.9 Å². The van der Waals surface area contributed by atoms with Crippen LogP contribution in [0.5, 0.6) is 0 Å². The van der Waals surface area contributed by atoms with E-state index in [1.165, 1.54) is 0 Å². The van der Waals surface area contributed by atoms with E-state index in [0.29, 0.717) is 39.3 Å². The molecule has 0 saturated carbocycles. The number of ether oxygens (including phenoxy) is 1. The van der Waals surface area contributed by atoms with Crippen LogP contribution in [0.1, 0.15) is 18.9 Å². The number of nitrogens with zero attached hydrogens (tertiary/aromatic N) is 1. The van der Waals surface area contributed by atoms with Crippen LogP contribution in [0.15, 0.2) is 30.3 Å². The summed E-state index contributed by atoms with van der Waals surface area (Å²) in [4.78, 5) is 24.5. The van der Waals surface area contributed by atoms with Gasteiger partial charge in [-0.15, -0.1) is 0 Å². The number of aliphatic carboxylic acids is 1. The Morgan fingerprint density at radius 1 is 1.39 bits per heavy atom. The van der Waals surface area contributed by atoms with Gasteiger partial charge in [0, 0.05) is 19.6 Å². The summed E-state index contributed by atoms with van der Waals surface area (Å²) < 4.78 is 5.65. The fourth-order valence-corrected chi connectivity index (χ4v) is 2.53. The predicted molar refractivity (Wildman–Crippen MR) is 86.0 cm³/mol. The second-order valence-corrected chi connectivity index (χ2v) is 6.06. The van der Waals surface area contributed by atoms with Gasteiger partial charge in [-0.05, 0) is 17.9 Å². The van der Waals surface area contributed by atoms with Gasteiger partial charge in [0.1, 0.15) is 0 Å². The number of hydrogen-bond acceptors (Lipinski definition) is 3. The average molecular weight is 320 g/mol. The maximum atomic E-state index is 12.0. The first-order valence-electron chi connectivity index (χ1n) is 7.93. The van der Waals surface area contributed by atoms with Crippen LogP contribution in [0.25, 0.3) is 0 Å². The van der Waals surface area contributed by atoms with Gasteiger partial charge in [-0.3, -0.25) is 4.79 Å². The van der Waals surface area contributed by atoms with Crippen molar-refractivity contribution in [3.63, 3.8) is 0 Å². The summed E-state index contributed by atoms with van der Waals surface area (Å²) in [6.07, 6.45) is 0.526. The van der Waals surface area contributed by atoms with Crippen LogP contribution < -0.4 is 5.32 Å². The second-order valence-electron chi connectivity index (χ2n) is 6.06. The van der Waals surface area contributed by atoms with Crippen molar-refractivity contribution in [3.8, 4) is 0 Å². The van der Waals surface area contributed by atoms with Crippen molar-refractivity contribution in [2.45, 2.75) is 20.0 Å². The Hall–Kier alpha value is -2.08. The molecular weight excluding hydrogens is 296 g/mol. The second kappa shape index (κ2) is 8.53. The maximum Gasteiger partial charge on any atom is 0.317 e. The van der Waals surface area contributed by atoms with E-state index in [0.717, 1.165) is 5.56 Å². The Morgan fingerprint density at radius 3 is 2.78 bits per heavy atom. The summed E-state index contributed by atoms with van der Waals surface area (Å²) in [5.74, 6) is -1.07. The van der Waals surface area contributed by atoms with Crippen molar-refractivity contribution in [2.24, 2.45) is 11.8 Å². The molecule has 1 fully saturated rings. The highest BCUT2D eigenvalue weighted by molar-refractivity contribution is 5.77. The molecule has 1 aliphatic heterocycles. The molecule has 0 spiro atoms. The molecule has 1 aromatic carbocycles. The van der Waals surface area contributed by atoms with Crippen molar-refractivity contribution in [1.82, 2.24) is 10.2 Å². The third-order valence-electron chi connectivity index (χ3n) is 3.94. The van der Waals surface area contributed by atoms with E-state index in [4.69, 9.17) is 9.84 Å². The van der Waals surface area contributed by atoms with Crippen molar-refractivity contribution in [2.75, 3.05) is 26.2 Å². The Bertz CT molecular complexity index is 521. The van der Waals surface area contributed by atoms with Gasteiger partial charge < -0.3 is 20.1 Å². The molecule has 2 atom stereocenters. The molecule has 23 heavy (non-hydrogen) atoms. The van der Waals surface area contributed by atoms with Gasteiger partial charge in [-0.25, -0.2) is 4.79 Å². The molecule has 2 rings (SSSR count). The first-order chi connectivity index (χ1) is 11.1. The smallest absolute Gasteiger partial charge is 0.317 e. The first-order valence-corrected chi connectivity index (χ1v) is 7.93. The minimum atomic E-state index is -0.831. The standard InChI is InChI=1S/C17H24N2O4/c1-13(11-23-12-14-5-3-2-4-6-14)9-18-17(22)19-8-7-15(10-19)16(20)21/h2-6,13,15H,7-12H2,1H3,(H,18,22)(H,20,21). The Kier molecular flexibility index (Phi) is 6.40. The van der Waals surface area contributed by atoms with Gasteiger partial charge in [0.25, 0.3) is 0 Å². The molecule has 0 aliphatic carbocycles. The molecule has 0 radical (unpaired) electrons. The predicted octanol–water partition coefficient (Wildman–Crippen LogP) is 1.96. The monoisotopic (exact) mass is 320 g/mol. The Labute approximate surface area is 136 Å². The highest BCUT2D eigenvalue weighted by atomic mass is 16.5. The fourth-order valence-electron chi connectivity index (χ4n) is 2.53. The van der Waals surface area contributed by atoms with Gasteiger partial charge in [-0.2, -0.15) is 0 Å². The summed E-state index contributed by atoms with van der Waals surface area (Å²) in [7, 11) is 0. The van der Waals surface area contributed by atoms with Crippen molar-refractivity contribution in [3.05, 3.63) is 35.9 Å². The van der Waals surface area contributed by atoms with Crippen molar-refractivity contribution in [1.29, 1.82) is 0 Å². The molecule has 126 valence electrons. The van der Waals surface area contributed by atoms with Crippen LogP contribution in [0.4, 0.5) is 4.79 Å². The number of rotatable bonds is 7. The number of urea groups is 1. The first kappa shape index (κ1) is 17.3. The number of nitrogens with one attached hydrogen (secondary N) is 1. The van der Waals surface area contributed by atoms with Crippen LogP contribution in [0.2, 0.25) is 0 Å². The lowest BCUT2D eigenvalue weighted by molar-refractivity contribution is -0.141. The number of hydrogen-bond donors (Lipinski definition) is 2. The van der Waals surface area contributed by atoms with E-state index < -0.39 is 11.9 Å². The number of carbonyl (C=O) groups is 2. The van der Waals surface area contributed by atoms with Crippen LogP contribution in [-0.2, 0) is 16.1 Å². The van der Waals surface area contributed by atoms with Gasteiger partial charge in [-0.1, -0.05) is 37.3 Å². The third kappa shape index (κ3) is 5.56. The lowest BCUT2D eigenvalue weighted by Gasteiger charge is -2.19. The van der Waals surface area contributed by atoms with Gasteiger partial charge >= 0.3 is 12.0 Å². The molecule has 1 aromatic rings. The fraction of sp³-hybridized carbons (Fsp3) is 0.529. The number of likely N-dealkylation sites (tertiary alicyclic amines) is 1. The van der Waals surface area contributed by atoms with Crippen molar-refractivity contribution >= 4 is 12.0 Å². The molecule has 1 aliphatic rings. The van der Waals surface area contributed by atoms with E-state index in [1.807, 2.05) is 37.3 Å². The topological polar surface area (TPSA) is 78.9 Å². The van der Waals surface area contributed by atoms with Gasteiger partial charge in [0.15, 0.2) is 0 Å². The summed E-state index contributed by atoms with van der Waals surface area (Å²) in [6, 6.07) is 9.75. The summed E-state index contributed by atoms with van der Waals surface area (Å²) in [6.45, 7) is 4.44. The van der Waals surface area contributed by atoms with E-state index in [1.54, 1.807) is 4.90 Å². The molecule has 2 N–H and O–H groups in total. The molecule has 1 heterocycles. The quantitative estimate of drug-likeness (QED) is 0.805. The van der Waals surface area contributed by atoms with Crippen LogP contribution in [0.3, 0.4) is 0 Å². The highest BCUT2D eigenvalue weighted by Crippen LogP contribution is 2.16. The van der Waals surface area contributed by atoms with E-state index in [2.05, 4.69) is 5.32 Å². The molecule has 0 aromatic heterocycles. The zero-order chi connectivity index (χ0) is 16.7. The van der Waals surface area contributed by atoms with E-state index >= 15 is 0 Å². The van der Waals surface area contributed by atoms with Crippen molar-refractivity contribution < 1.29 is 19.4 Å². The highest BCUT2D eigenvalue weighted by Gasteiger charge is 2.30. The largest absolute Gasteiger partial charge is 0.481 e. The molecule has 6 nitrogen and oxygen atoms in total. The molecular formula is C17H24N2O4. The molecule has 1 saturated heterocycles. The number of carbonyl (C=O) groups excluding carboxylic acids is 1. The minimum absolute atomic E-state index is 0.191. The summed E-state index contributed by atoms with van der Waals surface area (Å²) >= 11 is 0. The number of amides is 2. The van der Waals surface area contributed by atoms with E-state index in [9.17, 15) is 9.59 Å². The number of carboxylic acid groups (broad SMARTS) is 1. The molecule has 2 amide bonds. The Balaban J connectivity index is 1.61. The molecule has 6 heteroatoms. The molecule has 2 unspecified atom stereocenters. The zero-order valence-corrected chi connectivity index (χ0v) is 13.4. The normalized spacial score (nSPS) is 18.7. The number of benzene rings is 1. The zero-order valence-electron chi connectivity index (χ0n) is 13.4. The average Bonchev–Trinajstić information content (AvgIpc) is 3.04. The van der Waals surface area contributed by atoms with Gasteiger partial charge in [0.2, 0.25) is 0 Å². The minimum Gasteiger partial charge on any atom is -0.481 e. The maximum absolute atomic E-state index is 12.0. The lowest BCUT2D eigenvalue weighted by atomic mass is 10.1. The van der Waals surface area contributed by atoms with Crippen LogP contribution >= 0.6 is 0 Å². The SMILES string of the molecule is CC(CNC(=O)N1CCC(C(=O)O)C1)COCc1ccccc1. The van der Waals surface area contributed by atoms with Gasteiger partial charge in [0.05, 0.1) is 19.1 Å². The number of carboxylic acids is 1. The Morgan fingerprint density at radius 2 is 2.13 bits per heavy atom. The molecule has 0 bridgehead atoms. The van der Waals surface area contributed by atoms with Crippen LogP contribution in [-0.4, -0.2) is 48.2 Å². The lowest BCUT2D eigenvalue weighted by Crippen LogP contribution is -2.41. The van der Waals surface area contributed by atoms with Crippen LogP contribution in [0, 0.1) is 11.8 Å². The summed E-state index contributed by atoms with van der Waals surface area (Å²) in [5.41, 5.74) is 1.13. The summed E-state index contributed by atoms with van der Waals surface area (Å²) in [5, 5.41) is 11.8.